The van der Waals surface area contributed by atoms with Gasteiger partial charge in [0.15, 0.2) is 0 Å². The van der Waals surface area contributed by atoms with Gasteiger partial charge in [0.05, 0.1) is 4.88 Å². The number of hydrogen-bond donors (Lipinski definition) is 1. The summed E-state index contributed by atoms with van der Waals surface area (Å²) in [6, 6.07) is 2.00. The molecule has 0 radical (unpaired) electrons. The van der Waals surface area contributed by atoms with Gasteiger partial charge in [0.2, 0.25) is 5.91 Å². The lowest BCUT2D eigenvalue weighted by Gasteiger charge is -2.26. The fourth-order valence-electron chi connectivity index (χ4n) is 2.80. The highest BCUT2D eigenvalue weighted by atomic mass is 32.1. The minimum atomic E-state index is 0.0295. The molecule has 0 aliphatic carbocycles. The Hall–Kier alpha value is -1.36. The van der Waals surface area contributed by atoms with Crippen molar-refractivity contribution in [1.29, 1.82) is 0 Å². The van der Waals surface area contributed by atoms with Gasteiger partial charge in [-0.15, -0.1) is 11.3 Å². The maximum absolute atomic E-state index is 12.1. The maximum Gasteiger partial charge on any atom is 0.261 e. The third-order valence-corrected chi connectivity index (χ3v) is 5.28. The molecular formula is C17H26N2O2S. The molecule has 22 heavy (non-hydrogen) atoms. The number of unbranched alkanes of at least 4 members (excludes halogenated alkanes) is 1. The predicted molar refractivity (Wildman–Crippen MR) is 90.4 cm³/mol. The summed E-state index contributed by atoms with van der Waals surface area (Å²) in [7, 11) is 0. The summed E-state index contributed by atoms with van der Waals surface area (Å²) in [5.41, 5.74) is 1.26. The summed E-state index contributed by atoms with van der Waals surface area (Å²) in [6.45, 7) is 6.58. The van der Waals surface area contributed by atoms with Crippen LogP contribution < -0.4 is 5.32 Å². The van der Waals surface area contributed by atoms with Crippen LogP contribution in [0, 0.1) is 6.92 Å². The van der Waals surface area contributed by atoms with E-state index < -0.39 is 0 Å². The smallest absolute Gasteiger partial charge is 0.261 e. The van der Waals surface area contributed by atoms with Crippen LogP contribution in [0.5, 0.6) is 0 Å². The molecule has 2 rings (SSSR count). The molecule has 2 amide bonds. The van der Waals surface area contributed by atoms with E-state index >= 15 is 0 Å². The Bertz CT molecular complexity index is 525. The third-order valence-electron chi connectivity index (χ3n) is 4.19. The number of hydrogen-bond acceptors (Lipinski definition) is 3. The first-order chi connectivity index (χ1) is 10.6. The van der Waals surface area contributed by atoms with Crippen molar-refractivity contribution < 1.29 is 9.59 Å². The van der Waals surface area contributed by atoms with Gasteiger partial charge in [-0.2, -0.15) is 0 Å². The highest BCUT2D eigenvalue weighted by molar-refractivity contribution is 7.14. The van der Waals surface area contributed by atoms with E-state index in [4.69, 9.17) is 0 Å². The van der Waals surface area contributed by atoms with E-state index in [1.54, 1.807) is 11.3 Å². The Labute approximate surface area is 136 Å². The number of amides is 2. The molecule has 1 aromatic heterocycles. The predicted octanol–water partition coefficient (Wildman–Crippen LogP) is 3.14. The summed E-state index contributed by atoms with van der Waals surface area (Å²) < 4.78 is 0. The molecule has 1 fully saturated rings. The second-order valence-corrected chi connectivity index (χ2v) is 7.10. The van der Waals surface area contributed by atoms with Crippen molar-refractivity contribution in [1.82, 2.24) is 10.2 Å². The zero-order chi connectivity index (χ0) is 15.9. The third kappa shape index (κ3) is 4.57. The molecule has 1 N–H and O–H groups in total. The number of carbonyl (C=O) groups excluding carboxylic acids is 2. The highest BCUT2D eigenvalue weighted by Gasteiger charge is 2.17. The Balaban J connectivity index is 1.65. The summed E-state index contributed by atoms with van der Waals surface area (Å²) in [5, 5.41) is 2.98. The molecule has 4 nitrogen and oxygen atoms in total. The van der Waals surface area contributed by atoms with Crippen LogP contribution >= 0.6 is 11.3 Å². The van der Waals surface area contributed by atoms with Crippen LogP contribution in [0.1, 0.15) is 59.1 Å². The number of thiophene rings is 1. The molecule has 1 aromatic rings. The Morgan fingerprint density at radius 2 is 2.18 bits per heavy atom. The molecule has 0 spiro atoms. The summed E-state index contributed by atoms with van der Waals surface area (Å²) in [5.74, 6) is 0.318. The first kappa shape index (κ1) is 17.0. The Morgan fingerprint density at radius 1 is 1.36 bits per heavy atom. The fraction of sp³-hybridized carbons (Fsp3) is 0.647. The van der Waals surface area contributed by atoms with Crippen molar-refractivity contribution in [2.45, 2.75) is 52.4 Å². The van der Waals surface area contributed by atoms with E-state index in [0.717, 1.165) is 50.1 Å². The van der Waals surface area contributed by atoms with Crippen LogP contribution in [-0.2, 0) is 11.2 Å². The number of aryl methyl sites for hydroxylation is 2. The van der Waals surface area contributed by atoms with Crippen molar-refractivity contribution in [2.75, 3.05) is 19.6 Å². The SMILES string of the molecule is CCc1cc(C(=O)NCCCCN2CCCCC2=O)sc1C. The van der Waals surface area contributed by atoms with Gasteiger partial charge in [0.1, 0.15) is 0 Å². The van der Waals surface area contributed by atoms with Gasteiger partial charge in [-0.05, 0) is 50.7 Å². The van der Waals surface area contributed by atoms with Gasteiger partial charge in [-0.3, -0.25) is 9.59 Å². The van der Waals surface area contributed by atoms with E-state index in [1.165, 1.54) is 10.4 Å². The second-order valence-electron chi connectivity index (χ2n) is 5.85. The molecule has 1 saturated heterocycles. The molecule has 0 saturated carbocycles. The van der Waals surface area contributed by atoms with E-state index in [0.29, 0.717) is 13.0 Å². The molecule has 0 bridgehead atoms. The summed E-state index contributed by atoms with van der Waals surface area (Å²) in [6.07, 6.45) is 5.70. The fourth-order valence-corrected chi connectivity index (χ4v) is 3.83. The lowest BCUT2D eigenvalue weighted by molar-refractivity contribution is -0.133. The molecular weight excluding hydrogens is 296 g/mol. The monoisotopic (exact) mass is 322 g/mol. The number of rotatable bonds is 7. The molecule has 2 heterocycles. The van der Waals surface area contributed by atoms with E-state index in [1.807, 2.05) is 11.0 Å². The number of likely N-dealkylation sites (tertiary alicyclic amines) is 1. The van der Waals surface area contributed by atoms with Crippen LogP contribution in [-0.4, -0.2) is 36.3 Å². The Morgan fingerprint density at radius 3 is 2.86 bits per heavy atom. The van der Waals surface area contributed by atoms with Crippen LogP contribution in [0.4, 0.5) is 0 Å². The van der Waals surface area contributed by atoms with Crippen LogP contribution in [0.25, 0.3) is 0 Å². The van der Waals surface area contributed by atoms with Gasteiger partial charge < -0.3 is 10.2 Å². The maximum atomic E-state index is 12.1. The molecule has 5 heteroatoms. The number of carbonyl (C=O) groups is 2. The molecule has 1 aliphatic heterocycles. The van der Waals surface area contributed by atoms with Gasteiger partial charge in [0.25, 0.3) is 5.91 Å². The van der Waals surface area contributed by atoms with Crippen molar-refractivity contribution in [3.05, 3.63) is 21.4 Å². The number of nitrogens with zero attached hydrogens (tertiary/aromatic N) is 1. The standard InChI is InChI=1S/C17H26N2O2S/c1-3-14-12-15(22-13(14)2)17(21)18-9-5-7-11-19-10-6-4-8-16(19)20/h12H,3-11H2,1-2H3,(H,18,21). The quantitative estimate of drug-likeness (QED) is 0.784. The second kappa shape index (κ2) is 8.32. The zero-order valence-corrected chi connectivity index (χ0v) is 14.4. The van der Waals surface area contributed by atoms with E-state index in [-0.39, 0.29) is 11.8 Å². The average Bonchev–Trinajstić information content (AvgIpc) is 2.89. The number of piperidine rings is 1. The van der Waals surface area contributed by atoms with Gasteiger partial charge in [-0.1, -0.05) is 6.92 Å². The zero-order valence-electron chi connectivity index (χ0n) is 13.6. The van der Waals surface area contributed by atoms with Crippen molar-refractivity contribution in [3.63, 3.8) is 0 Å². The molecule has 122 valence electrons. The van der Waals surface area contributed by atoms with Crippen molar-refractivity contribution in [2.24, 2.45) is 0 Å². The topological polar surface area (TPSA) is 49.4 Å². The normalized spacial score (nSPS) is 15.2. The van der Waals surface area contributed by atoms with Crippen LogP contribution in [0.3, 0.4) is 0 Å². The average molecular weight is 322 g/mol. The minimum Gasteiger partial charge on any atom is -0.351 e. The Kier molecular flexibility index (Phi) is 6.43. The summed E-state index contributed by atoms with van der Waals surface area (Å²) in [4.78, 5) is 27.7. The highest BCUT2D eigenvalue weighted by Crippen LogP contribution is 2.21. The van der Waals surface area contributed by atoms with Crippen molar-refractivity contribution >= 4 is 23.2 Å². The van der Waals surface area contributed by atoms with E-state index in [2.05, 4.69) is 19.2 Å². The lowest BCUT2D eigenvalue weighted by atomic mass is 10.1. The first-order valence-electron chi connectivity index (χ1n) is 8.27. The minimum absolute atomic E-state index is 0.0295. The molecule has 1 aliphatic rings. The number of nitrogens with one attached hydrogen (secondary N) is 1. The van der Waals surface area contributed by atoms with Gasteiger partial charge >= 0.3 is 0 Å². The van der Waals surface area contributed by atoms with Crippen LogP contribution in [0.2, 0.25) is 0 Å². The van der Waals surface area contributed by atoms with Gasteiger partial charge in [-0.25, -0.2) is 0 Å². The molecule has 0 aromatic carbocycles. The van der Waals surface area contributed by atoms with Crippen LogP contribution in [0.15, 0.2) is 6.07 Å². The lowest BCUT2D eigenvalue weighted by Crippen LogP contribution is -2.36. The molecule has 0 unspecified atom stereocenters. The molecule has 0 atom stereocenters. The van der Waals surface area contributed by atoms with Crippen molar-refractivity contribution in [3.8, 4) is 0 Å². The first-order valence-corrected chi connectivity index (χ1v) is 9.08. The van der Waals surface area contributed by atoms with E-state index in [9.17, 15) is 9.59 Å². The summed E-state index contributed by atoms with van der Waals surface area (Å²) >= 11 is 1.57. The van der Waals surface area contributed by atoms with Gasteiger partial charge in [0, 0.05) is 30.9 Å². The largest absolute Gasteiger partial charge is 0.351 e.